The normalized spacial score (nSPS) is 13.1. The highest BCUT2D eigenvalue weighted by molar-refractivity contribution is 6.23. The smallest absolute Gasteiger partial charge is 0.0158 e. The fourth-order valence-electron chi connectivity index (χ4n) is 8.86. The second-order valence-electron chi connectivity index (χ2n) is 14.4. The fraction of sp³-hybridized carbons (Fsp3) is 0.0588. The number of fused-ring (bicyclic) bond motifs is 6. The standard InChI is InChI=1S/C51H36/c1-51(2)47-26-13-12-21-40(47)45-32-36(28-30-48(45)51)49-42-23-10-11-24-43(42)50(44-29-27-35(31-46(44)49)33-15-4-3-5-16-33)41-22-9-8-20-39(41)38-25-14-18-34-17-6-7-19-37(34)38/h3-32H,1-2H3. The summed E-state index contributed by atoms with van der Waals surface area (Å²) >= 11 is 0. The Bertz CT molecular complexity index is 2810. The van der Waals surface area contributed by atoms with Crippen LogP contribution in [0.25, 0.3) is 88.0 Å². The SMILES string of the molecule is CC1(C)c2ccccc2-c2cc(-c3c4ccccc4c(-c4ccccc4-c4cccc5ccccc45)c4ccc(-c5ccccc5)cc34)ccc21. The lowest BCUT2D eigenvalue weighted by Gasteiger charge is -2.22. The lowest BCUT2D eigenvalue weighted by atomic mass is 9.80. The average Bonchev–Trinajstić information content (AvgIpc) is 3.42. The molecule has 0 heterocycles. The van der Waals surface area contributed by atoms with Gasteiger partial charge in [0.05, 0.1) is 0 Å². The van der Waals surface area contributed by atoms with Crippen LogP contribution in [-0.2, 0) is 5.41 Å². The van der Waals surface area contributed by atoms with Crippen LogP contribution in [0.5, 0.6) is 0 Å². The summed E-state index contributed by atoms with van der Waals surface area (Å²) in [6.45, 7) is 4.72. The van der Waals surface area contributed by atoms with Crippen LogP contribution in [0.2, 0.25) is 0 Å². The lowest BCUT2D eigenvalue weighted by Crippen LogP contribution is -2.14. The molecule has 0 amide bonds. The van der Waals surface area contributed by atoms with Gasteiger partial charge in [-0.25, -0.2) is 0 Å². The van der Waals surface area contributed by atoms with Crippen molar-refractivity contribution in [2.45, 2.75) is 19.3 Å². The van der Waals surface area contributed by atoms with Crippen molar-refractivity contribution in [3.05, 3.63) is 193 Å². The van der Waals surface area contributed by atoms with Gasteiger partial charge in [0.15, 0.2) is 0 Å². The van der Waals surface area contributed by atoms with Crippen LogP contribution in [0.4, 0.5) is 0 Å². The average molecular weight is 649 g/mol. The molecule has 0 spiro atoms. The van der Waals surface area contributed by atoms with Crippen LogP contribution in [0, 0.1) is 0 Å². The van der Waals surface area contributed by atoms with Crippen LogP contribution in [0.15, 0.2) is 182 Å². The molecule has 1 aliphatic rings. The van der Waals surface area contributed by atoms with E-state index >= 15 is 0 Å². The van der Waals surface area contributed by atoms with Crippen molar-refractivity contribution in [1.29, 1.82) is 0 Å². The van der Waals surface area contributed by atoms with Gasteiger partial charge in [-0.15, -0.1) is 0 Å². The van der Waals surface area contributed by atoms with Crippen molar-refractivity contribution in [2.24, 2.45) is 0 Å². The van der Waals surface area contributed by atoms with Gasteiger partial charge in [0.25, 0.3) is 0 Å². The molecule has 0 bridgehead atoms. The Labute approximate surface area is 299 Å². The van der Waals surface area contributed by atoms with Crippen molar-refractivity contribution in [2.75, 3.05) is 0 Å². The molecule has 0 unspecified atom stereocenters. The highest BCUT2D eigenvalue weighted by atomic mass is 14.4. The molecule has 0 saturated carbocycles. The van der Waals surface area contributed by atoms with E-state index in [4.69, 9.17) is 0 Å². The number of hydrogen-bond acceptors (Lipinski definition) is 0. The van der Waals surface area contributed by atoms with Crippen molar-refractivity contribution in [1.82, 2.24) is 0 Å². The first-order chi connectivity index (χ1) is 25.1. The Morgan fingerprint density at radius 2 is 0.863 bits per heavy atom. The van der Waals surface area contributed by atoms with Crippen LogP contribution in [0.3, 0.4) is 0 Å². The van der Waals surface area contributed by atoms with E-state index in [1.807, 2.05) is 0 Å². The van der Waals surface area contributed by atoms with Gasteiger partial charge in [-0.05, 0) is 111 Å². The minimum absolute atomic E-state index is 0.0375. The molecule has 240 valence electrons. The Morgan fingerprint density at radius 1 is 0.294 bits per heavy atom. The minimum Gasteiger partial charge on any atom is -0.0622 e. The topological polar surface area (TPSA) is 0 Å². The van der Waals surface area contributed by atoms with Gasteiger partial charge in [-0.3, -0.25) is 0 Å². The molecular weight excluding hydrogens is 613 g/mol. The molecule has 0 saturated heterocycles. The molecule has 0 N–H and O–H groups in total. The van der Waals surface area contributed by atoms with Gasteiger partial charge in [0, 0.05) is 5.41 Å². The quantitative estimate of drug-likeness (QED) is 0.167. The molecule has 0 aromatic heterocycles. The van der Waals surface area contributed by atoms with Gasteiger partial charge < -0.3 is 0 Å². The zero-order chi connectivity index (χ0) is 34.1. The van der Waals surface area contributed by atoms with Gasteiger partial charge >= 0.3 is 0 Å². The van der Waals surface area contributed by atoms with Crippen molar-refractivity contribution in [3.8, 4) is 55.6 Å². The third-order valence-corrected chi connectivity index (χ3v) is 11.3. The molecule has 0 fully saturated rings. The third-order valence-electron chi connectivity index (χ3n) is 11.3. The maximum absolute atomic E-state index is 2.46. The number of rotatable bonds is 4. The van der Waals surface area contributed by atoms with Gasteiger partial charge in [-0.1, -0.05) is 184 Å². The first-order valence-corrected chi connectivity index (χ1v) is 17.9. The second kappa shape index (κ2) is 11.4. The van der Waals surface area contributed by atoms with Crippen molar-refractivity contribution in [3.63, 3.8) is 0 Å². The van der Waals surface area contributed by atoms with Crippen LogP contribution in [-0.4, -0.2) is 0 Å². The summed E-state index contributed by atoms with van der Waals surface area (Å²) in [6, 6.07) is 67.5. The van der Waals surface area contributed by atoms with E-state index in [2.05, 4.69) is 196 Å². The van der Waals surface area contributed by atoms with Gasteiger partial charge in [0.2, 0.25) is 0 Å². The molecule has 9 aromatic rings. The van der Waals surface area contributed by atoms with Crippen molar-refractivity contribution >= 4 is 32.3 Å². The lowest BCUT2D eigenvalue weighted by molar-refractivity contribution is 0.660. The first kappa shape index (κ1) is 29.7. The Hall–Kier alpha value is -6.24. The summed E-state index contributed by atoms with van der Waals surface area (Å²) in [5.74, 6) is 0. The molecule has 0 radical (unpaired) electrons. The second-order valence-corrected chi connectivity index (χ2v) is 14.4. The van der Waals surface area contributed by atoms with E-state index in [1.54, 1.807) is 0 Å². The zero-order valence-corrected chi connectivity index (χ0v) is 28.8. The minimum atomic E-state index is -0.0375. The monoisotopic (exact) mass is 648 g/mol. The predicted octanol–water partition coefficient (Wildman–Crippen LogP) is 14.1. The number of hydrogen-bond donors (Lipinski definition) is 0. The molecule has 0 heteroatoms. The Balaban J connectivity index is 1.31. The highest BCUT2D eigenvalue weighted by Gasteiger charge is 2.35. The maximum Gasteiger partial charge on any atom is 0.0158 e. The molecule has 51 heavy (non-hydrogen) atoms. The molecule has 0 nitrogen and oxygen atoms in total. The van der Waals surface area contributed by atoms with Gasteiger partial charge in [0.1, 0.15) is 0 Å². The summed E-state index contributed by atoms with van der Waals surface area (Å²) in [6.07, 6.45) is 0. The highest BCUT2D eigenvalue weighted by Crippen LogP contribution is 2.52. The van der Waals surface area contributed by atoms with E-state index in [0.717, 1.165) is 0 Å². The Morgan fingerprint density at radius 3 is 1.69 bits per heavy atom. The molecule has 1 aliphatic carbocycles. The molecule has 10 rings (SSSR count). The summed E-state index contributed by atoms with van der Waals surface area (Å²) in [5.41, 5.74) is 15.5. The molecule has 0 aliphatic heterocycles. The molecular formula is C51H36. The maximum atomic E-state index is 2.46. The fourth-order valence-corrected chi connectivity index (χ4v) is 8.86. The van der Waals surface area contributed by atoms with Crippen molar-refractivity contribution < 1.29 is 0 Å². The summed E-state index contributed by atoms with van der Waals surface area (Å²) in [5, 5.41) is 7.58. The largest absolute Gasteiger partial charge is 0.0622 e. The van der Waals surface area contributed by atoms with Crippen LogP contribution in [0.1, 0.15) is 25.0 Å². The van der Waals surface area contributed by atoms with E-state index in [1.165, 1.54) is 99.1 Å². The third kappa shape index (κ3) is 4.53. The zero-order valence-electron chi connectivity index (χ0n) is 28.8. The van der Waals surface area contributed by atoms with Crippen LogP contribution < -0.4 is 0 Å². The molecule has 9 aromatic carbocycles. The summed E-state index contributed by atoms with van der Waals surface area (Å²) < 4.78 is 0. The van der Waals surface area contributed by atoms with Crippen LogP contribution >= 0.6 is 0 Å². The van der Waals surface area contributed by atoms with E-state index < -0.39 is 0 Å². The molecule has 0 atom stereocenters. The van der Waals surface area contributed by atoms with E-state index in [0.29, 0.717) is 0 Å². The van der Waals surface area contributed by atoms with Gasteiger partial charge in [-0.2, -0.15) is 0 Å². The summed E-state index contributed by atoms with van der Waals surface area (Å²) in [4.78, 5) is 0. The Kier molecular flexibility index (Phi) is 6.63. The number of benzene rings is 9. The van der Waals surface area contributed by atoms with E-state index in [-0.39, 0.29) is 5.41 Å². The summed E-state index contributed by atoms with van der Waals surface area (Å²) in [7, 11) is 0. The van der Waals surface area contributed by atoms with E-state index in [9.17, 15) is 0 Å². The first-order valence-electron chi connectivity index (χ1n) is 17.9. The predicted molar refractivity (Wildman–Crippen MR) is 218 cm³/mol.